The van der Waals surface area contributed by atoms with Gasteiger partial charge in [0.2, 0.25) is 10.0 Å². The first-order chi connectivity index (χ1) is 13.4. The van der Waals surface area contributed by atoms with E-state index in [4.69, 9.17) is 9.47 Å². The molecule has 0 unspecified atom stereocenters. The van der Waals surface area contributed by atoms with Crippen LogP contribution >= 0.6 is 11.3 Å². The third-order valence-electron chi connectivity index (χ3n) is 4.24. The number of sulfonamides is 1. The Balaban J connectivity index is 1.79. The molecule has 0 bridgehead atoms. The standard InChI is InChI=1S/C19H23N3O4S2/c1-13(2)22-17(7-8-20-22)15-9-19(27-12-15)28(23,24)21-11-14-5-6-16(25-3)10-18(14)26-4/h5-10,12-13,21H,11H2,1-4H3. The van der Waals surface area contributed by atoms with Crippen LogP contribution in [-0.2, 0) is 16.6 Å². The highest BCUT2D eigenvalue weighted by Gasteiger charge is 2.19. The molecule has 150 valence electrons. The van der Waals surface area contributed by atoms with Crippen LogP contribution in [0.25, 0.3) is 11.3 Å². The predicted octanol–water partition coefficient (Wildman–Crippen LogP) is 3.69. The van der Waals surface area contributed by atoms with Gasteiger partial charge in [-0.2, -0.15) is 5.10 Å². The highest BCUT2D eigenvalue weighted by molar-refractivity contribution is 7.91. The maximum atomic E-state index is 12.7. The Kier molecular flexibility index (Phi) is 6.07. The van der Waals surface area contributed by atoms with Gasteiger partial charge < -0.3 is 9.47 Å². The lowest BCUT2D eigenvalue weighted by Gasteiger charge is -2.11. The molecule has 1 aromatic carbocycles. The summed E-state index contributed by atoms with van der Waals surface area (Å²) in [6, 6.07) is 9.01. The highest BCUT2D eigenvalue weighted by Crippen LogP contribution is 2.30. The summed E-state index contributed by atoms with van der Waals surface area (Å²) >= 11 is 1.18. The average Bonchev–Trinajstić information content (AvgIpc) is 3.35. The van der Waals surface area contributed by atoms with Crippen molar-refractivity contribution in [1.82, 2.24) is 14.5 Å². The van der Waals surface area contributed by atoms with Gasteiger partial charge in [-0.3, -0.25) is 4.68 Å². The average molecular weight is 422 g/mol. The van der Waals surface area contributed by atoms with Gasteiger partial charge in [-0.05, 0) is 32.0 Å². The van der Waals surface area contributed by atoms with Gasteiger partial charge in [0.15, 0.2) is 0 Å². The fraction of sp³-hybridized carbons (Fsp3) is 0.316. The Morgan fingerprint density at radius 3 is 2.64 bits per heavy atom. The first-order valence-corrected chi connectivity index (χ1v) is 11.0. The molecular weight excluding hydrogens is 398 g/mol. The monoisotopic (exact) mass is 421 g/mol. The van der Waals surface area contributed by atoms with Gasteiger partial charge in [-0.15, -0.1) is 11.3 Å². The second-order valence-corrected chi connectivity index (χ2v) is 9.32. The number of benzene rings is 1. The van der Waals surface area contributed by atoms with Gasteiger partial charge in [0.1, 0.15) is 15.7 Å². The Labute approximate surface area is 169 Å². The molecule has 28 heavy (non-hydrogen) atoms. The van der Waals surface area contributed by atoms with Gasteiger partial charge in [-0.1, -0.05) is 6.07 Å². The van der Waals surface area contributed by atoms with Crippen LogP contribution in [0.5, 0.6) is 11.5 Å². The van der Waals surface area contributed by atoms with E-state index in [2.05, 4.69) is 9.82 Å². The number of thiophene rings is 1. The zero-order chi connectivity index (χ0) is 20.3. The van der Waals surface area contributed by atoms with E-state index in [-0.39, 0.29) is 16.8 Å². The van der Waals surface area contributed by atoms with Crippen molar-refractivity contribution in [2.45, 2.75) is 30.6 Å². The number of hydrogen-bond donors (Lipinski definition) is 1. The van der Waals surface area contributed by atoms with E-state index in [1.807, 2.05) is 30.0 Å². The number of nitrogens with zero attached hydrogens (tertiary/aromatic N) is 2. The van der Waals surface area contributed by atoms with Crippen molar-refractivity contribution in [2.24, 2.45) is 0 Å². The molecule has 3 rings (SSSR count). The third-order valence-corrected chi connectivity index (χ3v) is 7.08. The molecule has 0 spiro atoms. The van der Waals surface area contributed by atoms with E-state index in [1.54, 1.807) is 37.6 Å². The SMILES string of the molecule is COc1ccc(CNS(=O)(=O)c2cc(-c3ccnn3C(C)C)cs2)c(OC)c1. The minimum Gasteiger partial charge on any atom is -0.497 e. The zero-order valence-corrected chi connectivity index (χ0v) is 17.8. The largest absolute Gasteiger partial charge is 0.497 e. The predicted molar refractivity (Wildman–Crippen MR) is 109 cm³/mol. The van der Waals surface area contributed by atoms with Gasteiger partial charge in [-0.25, -0.2) is 13.1 Å². The lowest BCUT2D eigenvalue weighted by atomic mass is 10.2. The van der Waals surface area contributed by atoms with E-state index < -0.39 is 10.0 Å². The van der Waals surface area contributed by atoms with E-state index in [0.29, 0.717) is 11.5 Å². The molecule has 0 fully saturated rings. The van der Waals surface area contributed by atoms with Crippen LogP contribution < -0.4 is 14.2 Å². The Morgan fingerprint density at radius 1 is 1.18 bits per heavy atom. The Hall–Kier alpha value is -2.36. The van der Waals surface area contributed by atoms with Crippen molar-refractivity contribution in [3.05, 3.63) is 47.5 Å². The van der Waals surface area contributed by atoms with Crippen LogP contribution in [0.2, 0.25) is 0 Å². The molecule has 2 aromatic heterocycles. The minimum absolute atomic E-state index is 0.118. The number of rotatable bonds is 8. The summed E-state index contributed by atoms with van der Waals surface area (Å²) in [7, 11) is -0.546. The van der Waals surface area contributed by atoms with Gasteiger partial charge in [0, 0.05) is 41.4 Å². The van der Waals surface area contributed by atoms with Crippen LogP contribution in [0.15, 0.2) is 46.1 Å². The number of aromatic nitrogens is 2. The van der Waals surface area contributed by atoms with Crippen LogP contribution in [0, 0.1) is 0 Å². The molecule has 3 aromatic rings. The number of hydrogen-bond acceptors (Lipinski definition) is 6. The molecule has 0 atom stereocenters. The molecular formula is C19H23N3O4S2. The normalized spacial score (nSPS) is 11.8. The van der Waals surface area contributed by atoms with E-state index in [1.165, 1.54) is 18.4 Å². The van der Waals surface area contributed by atoms with E-state index >= 15 is 0 Å². The maximum Gasteiger partial charge on any atom is 0.250 e. The van der Waals surface area contributed by atoms with Crippen molar-refractivity contribution in [2.75, 3.05) is 14.2 Å². The van der Waals surface area contributed by atoms with Gasteiger partial charge in [0.05, 0.1) is 19.9 Å². The van der Waals surface area contributed by atoms with Crippen LogP contribution in [0.4, 0.5) is 0 Å². The molecule has 0 aliphatic carbocycles. The summed E-state index contributed by atoms with van der Waals surface area (Å²) in [4.78, 5) is 0. The lowest BCUT2D eigenvalue weighted by molar-refractivity contribution is 0.390. The summed E-state index contributed by atoms with van der Waals surface area (Å²) in [5.74, 6) is 1.21. The number of ether oxygens (including phenoxy) is 2. The quantitative estimate of drug-likeness (QED) is 0.600. The Bertz CT molecular complexity index is 1050. The number of methoxy groups -OCH3 is 2. The van der Waals surface area contributed by atoms with Gasteiger partial charge in [0.25, 0.3) is 0 Å². The van der Waals surface area contributed by atoms with Crippen molar-refractivity contribution < 1.29 is 17.9 Å². The summed E-state index contributed by atoms with van der Waals surface area (Å²) in [5.41, 5.74) is 2.45. The molecule has 0 aliphatic heterocycles. The van der Waals surface area contributed by atoms with Crippen LogP contribution in [0.3, 0.4) is 0 Å². The molecule has 0 radical (unpaired) electrons. The summed E-state index contributed by atoms with van der Waals surface area (Å²) < 4.78 is 40.7. The van der Waals surface area contributed by atoms with Crippen molar-refractivity contribution >= 4 is 21.4 Å². The lowest BCUT2D eigenvalue weighted by Crippen LogP contribution is -2.22. The molecule has 1 N–H and O–H groups in total. The summed E-state index contributed by atoms with van der Waals surface area (Å²) in [6.07, 6.45) is 1.72. The second kappa shape index (κ2) is 8.34. The first kappa shape index (κ1) is 20.4. The van der Waals surface area contributed by atoms with E-state index in [9.17, 15) is 8.42 Å². The molecule has 0 aliphatic rings. The van der Waals surface area contributed by atoms with Crippen LogP contribution in [-0.4, -0.2) is 32.4 Å². The third kappa shape index (κ3) is 4.21. The molecule has 2 heterocycles. The maximum absolute atomic E-state index is 12.7. The fourth-order valence-corrected chi connectivity index (χ4v) is 5.01. The summed E-state index contributed by atoms with van der Waals surface area (Å²) in [6.45, 7) is 4.18. The minimum atomic E-state index is -3.65. The number of nitrogens with one attached hydrogen (secondary N) is 1. The Morgan fingerprint density at radius 2 is 1.96 bits per heavy atom. The zero-order valence-electron chi connectivity index (χ0n) is 16.2. The summed E-state index contributed by atoms with van der Waals surface area (Å²) in [5, 5.41) is 6.14. The first-order valence-electron chi connectivity index (χ1n) is 8.68. The van der Waals surface area contributed by atoms with Crippen molar-refractivity contribution in [1.29, 1.82) is 0 Å². The molecule has 9 heteroatoms. The molecule has 0 saturated carbocycles. The molecule has 7 nitrogen and oxygen atoms in total. The highest BCUT2D eigenvalue weighted by atomic mass is 32.2. The van der Waals surface area contributed by atoms with Crippen molar-refractivity contribution in [3.63, 3.8) is 0 Å². The topological polar surface area (TPSA) is 82.5 Å². The van der Waals surface area contributed by atoms with Crippen LogP contribution in [0.1, 0.15) is 25.5 Å². The fourth-order valence-electron chi connectivity index (χ4n) is 2.79. The second-order valence-electron chi connectivity index (χ2n) is 6.41. The van der Waals surface area contributed by atoms with E-state index in [0.717, 1.165) is 16.8 Å². The van der Waals surface area contributed by atoms with Gasteiger partial charge >= 0.3 is 0 Å². The smallest absolute Gasteiger partial charge is 0.250 e. The molecule has 0 amide bonds. The molecule has 0 saturated heterocycles. The van der Waals surface area contributed by atoms with Crippen molar-refractivity contribution in [3.8, 4) is 22.8 Å².